The van der Waals surface area contributed by atoms with Crippen LogP contribution in [0.1, 0.15) is 12.5 Å². The van der Waals surface area contributed by atoms with E-state index in [0.29, 0.717) is 11.3 Å². The van der Waals surface area contributed by atoms with Gasteiger partial charge in [0.05, 0.1) is 0 Å². The van der Waals surface area contributed by atoms with Crippen molar-refractivity contribution in [2.24, 2.45) is 5.73 Å². The molecule has 19 heavy (non-hydrogen) atoms. The fourth-order valence-corrected chi connectivity index (χ4v) is 2.84. The van der Waals surface area contributed by atoms with E-state index in [-0.39, 0.29) is 4.99 Å². The third-order valence-corrected chi connectivity index (χ3v) is 3.52. The summed E-state index contributed by atoms with van der Waals surface area (Å²) in [5.74, 6) is 0.794. The molecule has 0 amide bonds. The van der Waals surface area contributed by atoms with E-state index < -0.39 is 12.7 Å². The number of benzene rings is 1. The summed E-state index contributed by atoms with van der Waals surface area (Å²) >= 11 is 6.47. The first kappa shape index (κ1) is 16.1. The van der Waals surface area contributed by atoms with Crippen LogP contribution in [0.4, 0.5) is 18.9 Å². The number of thioether (sulfide) groups is 1. The zero-order chi connectivity index (χ0) is 14.6. The van der Waals surface area contributed by atoms with Crippen LogP contribution in [-0.4, -0.2) is 30.5 Å². The third kappa shape index (κ3) is 4.58. The van der Waals surface area contributed by atoms with Gasteiger partial charge in [0.1, 0.15) is 11.5 Å². The summed E-state index contributed by atoms with van der Waals surface area (Å²) in [6, 6.07) is 5.12. The van der Waals surface area contributed by atoms with Crippen LogP contribution in [0.25, 0.3) is 0 Å². The maximum atomic E-state index is 12.5. The predicted octanol–water partition coefficient (Wildman–Crippen LogP) is 3.43. The van der Waals surface area contributed by atoms with Gasteiger partial charge in [0.25, 0.3) is 0 Å². The standard InChI is InChI=1S/C12H15F3N2S2/c1-3-19-9-6-4-5-8(10(9)11(16)18)17(2)7-12(13,14)15/h4-6H,3,7H2,1-2H3,(H2,16,18). The van der Waals surface area contributed by atoms with Crippen LogP contribution in [0, 0.1) is 0 Å². The van der Waals surface area contributed by atoms with Gasteiger partial charge in [0, 0.05) is 23.2 Å². The molecule has 2 N–H and O–H groups in total. The van der Waals surface area contributed by atoms with Gasteiger partial charge in [-0.05, 0) is 17.9 Å². The molecule has 0 aliphatic rings. The van der Waals surface area contributed by atoms with Gasteiger partial charge in [0.15, 0.2) is 0 Å². The lowest BCUT2D eigenvalue weighted by atomic mass is 10.1. The molecular formula is C12H15F3N2S2. The number of hydrogen-bond donors (Lipinski definition) is 1. The summed E-state index contributed by atoms with van der Waals surface area (Å²) in [7, 11) is 1.38. The minimum atomic E-state index is -4.27. The lowest BCUT2D eigenvalue weighted by Gasteiger charge is -2.24. The summed E-state index contributed by atoms with van der Waals surface area (Å²) in [6.45, 7) is 0.920. The Bertz CT molecular complexity index is 461. The van der Waals surface area contributed by atoms with Crippen LogP contribution < -0.4 is 10.6 Å². The Morgan fingerprint density at radius 1 is 1.42 bits per heavy atom. The highest BCUT2D eigenvalue weighted by Crippen LogP contribution is 2.31. The highest BCUT2D eigenvalue weighted by Gasteiger charge is 2.30. The molecule has 0 saturated heterocycles. The maximum Gasteiger partial charge on any atom is 0.405 e. The number of hydrogen-bond acceptors (Lipinski definition) is 3. The van der Waals surface area contributed by atoms with Crippen LogP contribution in [0.2, 0.25) is 0 Å². The Kier molecular flexibility index (Phi) is 5.49. The van der Waals surface area contributed by atoms with Crippen molar-refractivity contribution in [3.8, 4) is 0 Å². The Morgan fingerprint density at radius 3 is 2.53 bits per heavy atom. The zero-order valence-corrected chi connectivity index (χ0v) is 12.3. The minimum absolute atomic E-state index is 0.112. The predicted molar refractivity (Wildman–Crippen MR) is 78.1 cm³/mol. The van der Waals surface area contributed by atoms with Crippen molar-refractivity contribution in [3.05, 3.63) is 23.8 Å². The van der Waals surface area contributed by atoms with Crippen molar-refractivity contribution >= 4 is 34.7 Å². The largest absolute Gasteiger partial charge is 0.405 e. The average molecular weight is 308 g/mol. The second kappa shape index (κ2) is 6.47. The number of thiocarbonyl (C=S) groups is 1. The third-order valence-electron chi connectivity index (χ3n) is 2.38. The molecule has 0 aliphatic heterocycles. The van der Waals surface area contributed by atoms with Crippen molar-refractivity contribution in [1.29, 1.82) is 0 Å². The fourth-order valence-electron chi connectivity index (χ4n) is 1.72. The molecule has 0 aliphatic carbocycles. The number of halogens is 3. The van der Waals surface area contributed by atoms with Gasteiger partial charge in [-0.2, -0.15) is 13.2 Å². The van der Waals surface area contributed by atoms with Gasteiger partial charge in [-0.25, -0.2) is 0 Å². The zero-order valence-electron chi connectivity index (χ0n) is 10.6. The highest BCUT2D eigenvalue weighted by molar-refractivity contribution is 7.99. The first-order valence-electron chi connectivity index (χ1n) is 5.59. The van der Waals surface area contributed by atoms with Gasteiger partial charge in [-0.3, -0.25) is 0 Å². The quantitative estimate of drug-likeness (QED) is 0.666. The summed E-state index contributed by atoms with van der Waals surface area (Å²) in [5, 5.41) is 0. The number of nitrogens with zero attached hydrogens (tertiary/aromatic N) is 1. The maximum absolute atomic E-state index is 12.5. The highest BCUT2D eigenvalue weighted by atomic mass is 32.2. The summed E-state index contributed by atoms with van der Waals surface area (Å²) in [5.41, 5.74) is 6.57. The molecule has 106 valence electrons. The summed E-state index contributed by atoms with van der Waals surface area (Å²) < 4.78 is 37.4. The van der Waals surface area contributed by atoms with Gasteiger partial charge in [0.2, 0.25) is 0 Å². The summed E-state index contributed by atoms with van der Waals surface area (Å²) in [6.07, 6.45) is -4.27. The molecule has 0 spiro atoms. The van der Waals surface area contributed by atoms with E-state index in [1.54, 1.807) is 12.1 Å². The monoisotopic (exact) mass is 308 g/mol. The molecule has 0 heterocycles. The van der Waals surface area contributed by atoms with Crippen LogP contribution in [0.3, 0.4) is 0 Å². The lowest BCUT2D eigenvalue weighted by molar-refractivity contribution is -0.119. The Labute approximate surface area is 120 Å². The van der Waals surface area contributed by atoms with Crippen LogP contribution in [0.15, 0.2) is 23.1 Å². The van der Waals surface area contributed by atoms with Crippen molar-refractivity contribution in [2.45, 2.75) is 18.0 Å². The molecular weight excluding hydrogens is 293 g/mol. The molecule has 0 bridgehead atoms. The Balaban J connectivity index is 3.19. The molecule has 1 aromatic carbocycles. The molecule has 0 radical (unpaired) electrons. The van der Waals surface area contributed by atoms with Gasteiger partial charge in [-0.15, -0.1) is 11.8 Å². The lowest BCUT2D eigenvalue weighted by Crippen LogP contribution is -2.32. The van der Waals surface area contributed by atoms with E-state index in [0.717, 1.165) is 15.5 Å². The topological polar surface area (TPSA) is 29.3 Å². The smallest absolute Gasteiger partial charge is 0.389 e. The van der Waals surface area contributed by atoms with Gasteiger partial charge >= 0.3 is 6.18 Å². The van der Waals surface area contributed by atoms with E-state index in [4.69, 9.17) is 18.0 Å². The van der Waals surface area contributed by atoms with Crippen LogP contribution >= 0.6 is 24.0 Å². The molecule has 1 rings (SSSR count). The second-order valence-electron chi connectivity index (χ2n) is 3.92. The number of nitrogens with two attached hydrogens (primary N) is 1. The van der Waals surface area contributed by atoms with E-state index in [1.807, 2.05) is 13.0 Å². The molecule has 0 atom stereocenters. The molecule has 0 fully saturated rings. The number of rotatable bonds is 5. The summed E-state index contributed by atoms with van der Waals surface area (Å²) in [4.78, 5) is 2.04. The van der Waals surface area contributed by atoms with Crippen molar-refractivity contribution in [2.75, 3.05) is 24.2 Å². The van der Waals surface area contributed by atoms with Gasteiger partial charge in [-0.1, -0.05) is 25.2 Å². The first-order valence-corrected chi connectivity index (χ1v) is 6.99. The van der Waals surface area contributed by atoms with E-state index in [1.165, 1.54) is 18.8 Å². The molecule has 0 aromatic heterocycles. The van der Waals surface area contributed by atoms with Gasteiger partial charge < -0.3 is 10.6 Å². The first-order chi connectivity index (χ1) is 8.76. The number of anilines is 1. The van der Waals surface area contributed by atoms with Crippen LogP contribution in [-0.2, 0) is 0 Å². The number of alkyl halides is 3. The molecule has 2 nitrogen and oxygen atoms in total. The van der Waals surface area contributed by atoms with E-state index >= 15 is 0 Å². The minimum Gasteiger partial charge on any atom is -0.389 e. The Morgan fingerprint density at radius 2 is 2.05 bits per heavy atom. The normalized spacial score (nSPS) is 11.4. The fraction of sp³-hybridized carbons (Fsp3) is 0.417. The van der Waals surface area contributed by atoms with Crippen LogP contribution in [0.5, 0.6) is 0 Å². The second-order valence-corrected chi connectivity index (χ2v) is 5.66. The molecule has 0 unspecified atom stereocenters. The SMILES string of the molecule is CCSc1cccc(N(C)CC(F)(F)F)c1C(N)=S. The van der Waals surface area contributed by atoms with Crippen molar-refractivity contribution in [3.63, 3.8) is 0 Å². The van der Waals surface area contributed by atoms with Crippen molar-refractivity contribution < 1.29 is 13.2 Å². The average Bonchev–Trinajstić information content (AvgIpc) is 2.26. The molecule has 0 saturated carbocycles. The molecule has 1 aromatic rings. The Hall–Kier alpha value is -0.950. The van der Waals surface area contributed by atoms with E-state index in [2.05, 4.69) is 0 Å². The molecule has 7 heteroatoms. The van der Waals surface area contributed by atoms with Crippen molar-refractivity contribution in [1.82, 2.24) is 0 Å². The van der Waals surface area contributed by atoms with E-state index in [9.17, 15) is 13.2 Å².